The predicted molar refractivity (Wildman–Crippen MR) is 151 cm³/mol. The zero-order valence-electron chi connectivity index (χ0n) is 23.1. The van der Waals surface area contributed by atoms with E-state index in [0.29, 0.717) is 0 Å². The summed E-state index contributed by atoms with van der Waals surface area (Å²) in [5.41, 5.74) is 0. The Bertz CT molecular complexity index is 312. The second kappa shape index (κ2) is 29.3. The Morgan fingerprint density at radius 3 is 1.06 bits per heavy atom. The molecule has 196 valence electrons. The first-order valence-corrected chi connectivity index (χ1v) is 15.0. The average molecular weight is 474 g/mol. The van der Waals surface area contributed by atoms with E-state index in [1.165, 1.54) is 161 Å². The van der Waals surface area contributed by atoms with Crippen LogP contribution >= 0.6 is 12.4 Å². The van der Waals surface area contributed by atoms with Crippen LogP contribution in [0.4, 0.5) is 0 Å². The van der Waals surface area contributed by atoms with Crippen LogP contribution in [0.5, 0.6) is 0 Å². The molecule has 0 amide bonds. The van der Waals surface area contributed by atoms with Crippen molar-refractivity contribution in [2.24, 2.45) is 0 Å². The summed E-state index contributed by atoms with van der Waals surface area (Å²) >= 11 is 0. The molecule has 0 spiro atoms. The van der Waals surface area contributed by atoms with Crippen molar-refractivity contribution in [3.63, 3.8) is 0 Å². The average Bonchev–Trinajstić information content (AvgIpc) is 2.78. The highest BCUT2D eigenvalue weighted by atomic mass is 35.5. The fourth-order valence-electron chi connectivity index (χ4n) is 4.97. The summed E-state index contributed by atoms with van der Waals surface area (Å²) < 4.78 is 0. The molecule has 0 aliphatic rings. The van der Waals surface area contributed by atoms with E-state index in [1.807, 2.05) is 0 Å². The summed E-state index contributed by atoms with van der Waals surface area (Å²) in [7, 11) is 0. The summed E-state index contributed by atoms with van der Waals surface area (Å²) in [6, 6.07) is 0.856. The monoisotopic (exact) mass is 473 g/mol. The van der Waals surface area contributed by atoms with Gasteiger partial charge in [0.15, 0.2) is 0 Å². The van der Waals surface area contributed by atoms with Crippen LogP contribution in [0.1, 0.15) is 175 Å². The Kier molecular flexibility index (Phi) is 31.5. The Morgan fingerprint density at radius 1 is 0.375 bits per heavy atom. The molecule has 32 heavy (non-hydrogen) atoms. The highest BCUT2D eigenvalue weighted by Crippen LogP contribution is 2.19. The molecule has 0 aromatic rings. The number of halogens is 1. The molecule has 0 aromatic carbocycles. The third-order valence-corrected chi connectivity index (χ3v) is 7.13. The Hall–Kier alpha value is 0.250. The van der Waals surface area contributed by atoms with E-state index < -0.39 is 0 Å². The van der Waals surface area contributed by atoms with Crippen molar-refractivity contribution in [2.45, 2.75) is 181 Å². The van der Waals surface area contributed by atoms with E-state index in [2.05, 4.69) is 32.6 Å². The molecule has 0 heterocycles. The SMILES string of the molecule is CCCCCCCCCCCCCCCCCCC(CCC)N(CCCC)CCCC.Cl. The number of unbranched alkanes of at least 4 members (excludes halogenated alkanes) is 17. The zero-order chi connectivity index (χ0) is 22.8. The fraction of sp³-hybridized carbons (Fsp3) is 1.00. The van der Waals surface area contributed by atoms with Gasteiger partial charge in [0, 0.05) is 6.04 Å². The van der Waals surface area contributed by atoms with Crippen molar-refractivity contribution in [1.29, 1.82) is 0 Å². The van der Waals surface area contributed by atoms with Crippen LogP contribution in [0, 0.1) is 0 Å². The van der Waals surface area contributed by atoms with Gasteiger partial charge >= 0.3 is 0 Å². The van der Waals surface area contributed by atoms with Crippen molar-refractivity contribution in [3.8, 4) is 0 Å². The highest BCUT2D eigenvalue weighted by molar-refractivity contribution is 5.85. The van der Waals surface area contributed by atoms with Crippen molar-refractivity contribution >= 4 is 12.4 Å². The number of hydrogen-bond donors (Lipinski definition) is 0. The van der Waals surface area contributed by atoms with Gasteiger partial charge in [-0.2, -0.15) is 0 Å². The van der Waals surface area contributed by atoms with Crippen LogP contribution in [0.15, 0.2) is 0 Å². The van der Waals surface area contributed by atoms with Crippen molar-refractivity contribution in [1.82, 2.24) is 4.90 Å². The summed E-state index contributed by atoms with van der Waals surface area (Å²) in [6.07, 6.45) is 33.1. The van der Waals surface area contributed by atoms with E-state index in [0.717, 1.165) is 6.04 Å². The Balaban J connectivity index is 0. The normalized spacial score (nSPS) is 12.3. The first-order chi connectivity index (χ1) is 15.3. The van der Waals surface area contributed by atoms with Gasteiger partial charge in [0.1, 0.15) is 0 Å². The first kappa shape index (κ1) is 34.4. The molecule has 0 fully saturated rings. The van der Waals surface area contributed by atoms with Crippen molar-refractivity contribution in [2.75, 3.05) is 13.1 Å². The van der Waals surface area contributed by atoms with Gasteiger partial charge in [0.2, 0.25) is 0 Å². The van der Waals surface area contributed by atoms with E-state index >= 15 is 0 Å². The molecular formula is C30H64ClN. The zero-order valence-corrected chi connectivity index (χ0v) is 23.9. The van der Waals surface area contributed by atoms with Gasteiger partial charge in [-0.05, 0) is 38.8 Å². The minimum atomic E-state index is 0. The highest BCUT2D eigenvalue weighted by Gasteiger charge is 2.16. The second-order valence-corrected chi connectivity index (χ2v) is 10.3. The molecule has 0 rings (SSSR count). The van der Waals surface area contributed by atoms with Gasteiger partial charge < -0.3 is 4.90 Å². The van der Waals surface area contributed by atoms with E-state index in [9.17, 15) is 0 Å². The van der Waals surface area contributed by atoms with Gasteiger partial charge in [0.25, 0.3) is 0 Å². The lowest BCUT2D eigenvalue weighted by Crippen LogP contribution is -2.37. The molecule has 0 radical (unpaired) electrons. The third-order valence-electron chi connectivity index (χ3n) is 7.13. The van der Waals surface area contributed by atoms with Gasteiger partial charge in [0.05, 0.1) is 0 Å². The molecule has 1 atom stereocenters. The molecule has 0 aliphatic carbocycles. The summed E-state index contributed by atoms with van der Waals surface area (Å²) in [5, 5.41) is 0. The number of nitrogens with zero attached hydrogens (tertiary/aromatic N) is 1. The molecule has 0 aliphatic heterocycles. The molecular weight excluding hydrogens is 410 g/mol. The minimum absolute atomic E-state index is 0. The molecule has 0 saturated heterocycles. The van der Waals surface area contributed by atoms with Crippen LogP contribution in [0.3, 0.4) is 0 Å². The first-order valence-electron chi connectivity index (χ1n) is 15.0. The summed E-state index contributed by atoms with van der Waals surface area (Å²) in [4.78, 5) is 2.85. The molecule has 1 nitrogen and oxygen atoms in total. The van der Waals surface area contributed by atoms with Crippen LogP contribution in [0.25, 0.3) is 0 Å². The van der Waals surface area contributed by atoms with E-state index in [-0.39, 0.29) is 12.4 Å². The van der Waals surface area contributed by atoms with Gasteiger partial charge in [-0.1, -0.05) is 150 Å². The third kappa shape index (κ3) is 23.4. The molecule has 0 bridgehead atoms. The summed E-state index contributed by atoms with van der Waals surface area (Å²) in [6.45, 7) is 12.0. The second-order valence-electron chi connectivity index (χ2n) is 10.3. The fourth-order valence-corrected chi connectivity index (χ4v) is 4.97. The van der Waals surface area contributed by atoms with Crippen LogP contribution < -0.4 is 0 Å². The maximum atomic E-state index is 2.85. The Labute approximate surface area is 211 Å². The largest absolute Gasteiger partial charge is 0.300 e. The van der Waals surface area contributed by atoms with Gasteiger partial charge in [-0.15, -0.1) is 12.4 Å². The maximum Gasteiger partial charge on any atom is 0.00951 e. The van der Waals surface area contributed by atoms with E-state index in [1.54, 1.807) is 0 Å². The molecule has 1 unspecified atom stereocenters. The molecule has 0 saturated carbocycles. The van der Waals surface area contributed by atoms with Crippen LogP contribution in [-0.4, -0.2) is 24.0 Å². The van der Waals surface area contributed by atoms with Gasteiger partial charge in [-0.3, -0.25) is 0 Å². The lowest BCUT2D eigenvalue weighted by Gasteiger charge is -2.32. The van der Waals surface area contributed by atoms with Crippen LogP contribution in [-0.2, 0) is 0 Å². The topological polar surface area (TPSA) is 3.24 Å². The van der Waals surface area contributed by atoms with E-state index in [4.69, 9.17) is 0 Å². The Morgan fingerprint density at radius 2 is 0.719 bits per heavy atom. The van der Waals surface area contributed by atoms with Crippen molar-refractivity contribution in [3.05, 3.63) is 0 Å². The van der Waals surface area contributed by atoms with Crippen molar-refractivity contribution < 1.29 is 0 Å². The number of hydrogen-bond acceptors (Lipinski definition) is 1. The smallest absolute Gasteiger partial charge is 0.00951 e. The predicted octanol–water partition coefficient (Wildman–Crippen LogP) is 11.1. The number of rotatable bonds is 26. The lowest BCUT2D eigenvalue weighted by atomic mass is 9.99. The summed E-state index contributed by atoms with van der Waals surface area (Å²) in [5.74, 6) is 0. The standard InChI is InChI=1S/C30H63N.ClH/c1-5-9-12-13-14-15-16-17-18-19-20-21-22-23-24-25-27-30(26-8-4)31(28-10-6-2)29-11-7-3;/h30H,5-29H2,1-4H3;1H. The van der Waals surface area contributed by atoms with Crippen LogP contribution in [0.2, 0.25) is 0 Å². The van der Waals surface area contributed by atoms with Gasteiger partial charge in [-0.25, -0.2) is 0 Å². The molecule has 0 N–H and O–H groups in total. The minimum Gasteiger partial charge on any atom is -0.300 e. The lowest BCUT2D eigenvalue weighted by molar-refractivity contribution is 0.167. The quantitative estimate of drug-likeness (QED) is 0.113. The molecule has 0 aromatic heterocycles. The molecule has 2 heteroatoms. The maximum absolute atomic E-state index is 2.85.